The van der Waals surface area contributed by atoms with Crippen molar-refractivity contribution in [2.75, 3.05) is 19.0 Å². The Morgan fingerprint density at radius 1 is 1.09 bits per heavy atom. The van der Waals surface area contributed by atoms with E-state index in [0.717, 1.165) is 0 Å². The van der Waals surface area contributed by atoms with Crippen LogP contribution >= 0.6 is 23.2 Å². The minimum absolute atomic E-state index is 0.269. The monoisotopic (exact) mass is 353 g/mol. The van der Waals surface area contributed by atoms with Crippen molar-refractivity contribution in [1.82, 2.24) is 0 Å². The zero-order valence-corrected chi connectivity index (χ0v) is 13.6. The molecule has 120 valence electrons. The molecule has 0 aliphatic rings. The van der Waals surface area contributed by atoms with Gasteiger partial charge in [-0.25, -0.2) is 4.79 Å². The Morgan fingerprint density at radius 3 is 2.52 bits per heavy atom. The summed E-state index contributed by atoms with van der Waals surface area (Å²) in [4.78, 5) is 23.7. The number of amides is 1. The van der Waals surface area contributed by atoms with Gasteiger partial charge in [0.1, 0.15) is 5.75 Å². The minimum atomic E-state index is -0.638. The molecule has 23 heavy (non-hydrogen) atoms. The standard InChI is InChI=1S/C16H13Cl2NO4/c1-22-14-6-5-12(18)8-13(14)19-15(20)9-23-16(21)10-3-2-4-11(17)7-10/h2-8H,9H2,1H3,(H,19,20). The number of benzene rings is 2. The van der Waals surface area contributed by atoms with Crippen LogP contribution in [0.2, 0.25) is 10.0 Å². The maximum Gasteiger partial charge on any atom is 0.338 e. The van der Waals surface area contributed by atoms with Gasteiger partial charge in [-0.15, -0.1) is 0 Å². The predicted octanol–water partition coefficient (Wildman–Crippen LogP) is 3.80. The molecule has 0 fully saturated rings. The van der Waals surface area contributed by atoms with Crippen LogP contribution < -0.4 is 10.1 Å². The molecule has 0 radical (unpaired) electrons. The molecule has 0 aliphatic carbocycles. The second-order valence-electron chi connectivity index (χ2n) is 4.48. The van der Waals surface area contributed by atoms with E-state index in [1.165, 1.54) is 19.2 Å². The van der Waals surface area contributed by atoms with Crippen molar-refractivity contribution in [2.24, 2.45) is 0 Å². The smallest absolute Gasteiger partial charge is 0.338 e. The molecule has 0 unspecified atom stereocenters. The summed E-state index contributed by atoms with van der Waals surface area (Å²) in [5.74, 6) is -0.703. The molecule has 2 rings (SSSR count). The average molecular weight is 354 g/mol. The summed E-state index contributed by atoms with van der Waals surface area (Å²) in [6, 6.07) is 11.1. The molecule has 2 aromatic carbocycles. The van der Waals surface area contributed by atoms with Gasteiger partial charge in [0.05, 0.1) is 18.4 Å². The molecule has 0 saturated heterocycles. The Bertz CT molecular complexity index is 734. The molecule has 0 aliphatic heterocycles. The van der Waals surface area contributed by atoms with Gasteiger partial charge in [0.15, 0.2) is 6.61 Å². The van der Waals surface area contributed by atoms with Crippen molar-refractivity contribution in [3.63, 3.8) is 0 Å². The number of rotatable bonds is 5. The van der Waals surface area contributed by atoms with Gasteiger partial charge >= 0.3 is 5.97 Å². The van der Waals surface area contributed by atoms with Gasteiger partial charge in [0.25, 0.3) is 5.91 Å². The second-order valence-corrected chi connectivity index (χ2v) is 5.35. The zero-order valence-electron chi connectivity index (χ0n) is 12.1. The van der Waals surface area contributed by atoms with Crippen LogP contribution in [0.5, 0.6) is 5.75 Å². The van der Waals surface area contributed by atoms with Crippen LogP contribution in [-0.4, -0.2) is 25.6 Å². The van der Waals surface area contributed by atoms with E-state index in [4.69, 9.17) is 32.7 Å². The third kappa shape index (κ3) is 4.87. The first-order valence-electron chi connectivity index (χ1n) is 6.55. The maximum absolute atomic E-state index is 11.9. The van der Waals surface area contributed by atoms with E-state index in [1.54, 1.807) is 30.3 Å². The Morgan fingerprint density at radius 2 is 1.83 bits per heavy atom. The van der Waals surface area contributed by atoms with Crippen LogP contribution in [0.1, 0.15) is 10.4 Å². The zero-order chi connectivity index (χ0) is 16.8. The summed E-state index contributed by atoms with van der Waals surface area (Å²) in [5, 5.41) is 3.42. The molecule has 0 atom stereocenters. The first-order chi connectivity index (χ1) is 11.0. The van der Waals surface area contributed by atoms with Gasteiger partial charge in [-0.05, 0) is 36.4 Å². The number of hydrogen-bond donors (Lipinski definition) is 1. The van der Waals surface area contributed by atoms with E-state index >= 15 is 0 Å². The molecule has 1 amide bonds. The molecule has 2 aromatic rings. The molecule has 0 heterocycles. The largest absolute Gasteiger partial charge is 0.495 e. The Kier molecular flexibility index (Phi) is 5.84. The molecule has 0 aromatic heterocycles. The maximum atomic E-state index is 11.9. The fraction of sp³-hybridized carbons (Fsp3) is 0.125. The summed E-state index contributed by atoms with van der Waals surface area (Å²) >= 11 is 11.7. The summed E-state index contributed by atoms with van der Waals surface area (Å²) in [6.07, 6.45) is 0. The van der Waals surface area contributed by atoms with Crippen molar-refractivity contribution < 1.29 is 19.1 Å². The topological polar surface area (TPSA) is 64.6 Å². The number of methoxy groups -OCH3 is 1. The summed E-state index contributed by atoms with van der Waals surface area (Å²) in [7, 11) is 1.47. The predicted molar refractivity (Wildman–Crippen MR) is 88.4 cm³/mol. The van der Waals surface area contributed by atoms with Crippen molar-refractivity contribution in [2.45, 2.75) is 0 Å². The molecule has 7 heteroatoms. The summed E-state index contributed by atoms with van der Waals surface area (Å²) in [5.41, 5.74) is 0.662. The normalized spacial score (nSPS) is 10.0. The van der Waals surface area contributed by atoms with Crippen molar-refractivity contribution >= 4 is 40.8 Å². The quantitative estimate of drug-likeness (QED) is 0.830. The van der Waals surface area contributed by atoms with E-state index in [0.29, 0.717) is 21.5 Å². The number of carbonyl (C=O) groups is 2. The second kappa shape index (κ2) is 7.85. The number of carbonyl (C=O) groups excluding carboxylic acids is 2. The number of nitrogens with one attached hydrogen (secondary N) is 1. The lowest BCUT2D eigenvalue weighted by molar-refractivity contribution is -0.119. The lowest BCUT2D eigenvalue weighted by Crippen LogP contribution is -2.21. The molecule has 0 spiro atoms. The SMILES string of the molecule is COc1ccc(Cl)cc1NC(=O)COC(=O)c1cccc(Cl)c1. The van der Waals surface area contributed by atoms with Crippen LogP contribution in [0.3, 0.4) is 0 Å². The van der Waals surface area contributed by atoms with Gasteiger partial charge in [0.2, 0.25) is 0 Å². The number of anilines is 1. The Balaban J connectivity index is 1.95. The van der Waals surface area contributed by atoms with Crippen LogP contribution in [0, 0.1) is 0 Å². The van der Waals surface area contributed by atoms with Gasteiger partial charge in [-0.3, -0.25) is 4.79 Å². The highest BCUT2D eigenvalue weighted by molar-refractivity contribution is 6.31. The third-order valence-electron chi connectivity index (χ3n) is 2.83. The number of ether oxygens (including phenoxy) is 2. The molecule has 0 bridgehead atoms. The number of esters is 1. The van der Waals surface area contributed by atoms with Crippen LogP contribution in [0.25, 0.3) is 0 Å². The summed E-state index contributed by atoms with van der Waals surface area (Å²) in [6.45, 7) is -0.443. The highest BCUT2D eigenvalue weighted by atomic mass is 35.5. The Labute approximate surface area is 143 Å². The highest BCUT2D eigenvalue weighted by Crippen LogP contribution is 2.27. The lowest BCUT2D eigenvalue weighted by Gasteiger charge is -2.11. The van der Waals surface area contributed by atoms with Gasteiger partial charge < -0.3 is 14.8 Å². The third-order valence-corrected chi connectivity index (χ3v) is 3.30. The number of hydrogen-bond acceptors (Lipinski definition) is 4. The minimum Gasteiger partial charge on any atom is -0.495 e. The lowest BCUT2D eigenvalue weighted by atomic mass is 10.2. The molecular formula is C16H13Cl2NO4. The van der Waals surface area contributed by atoms with Gasteiger partial charge in [-0.2, -0.15) is 0 Å². The highest BCUT2D eigenvalue weighted by Gasteiger charge is 2.12. The molecule has 5 nitrogen and oxygen atoms in total. The van der Waals surface area contributed by atoms with Crippen LogP contribution in [-0.2, 0) is 9.53 Å². The first-order valence-corrected chi connectivity index (χ1v) is 7.31. The van der Waals surface area contributed by atoms with Crippen LogP contribution in [0.15, 0.2) is 42.5 Å². The van der Waals surface area contributed by atoms with E-state index < -0.39 is 18.5 Å². The molecular weight excluding hydrogens is 341 g/mol. The van der Waals surface area contributed by atoms with Crippen molar-refractivity contribution in [3.8, 4) is 5.75 Å². The van der Waals surface area contributed by atoms with Crippen molar-refractivity contribution in [1.29, 1.82) is 0 Å². The van der Waals surface area contributed by atoms with E-state index in [9.17, 15) is 9.59 Å². The van der Waals surface area contributed by atoms with E-state index in [2.05, 4.69) is 5.32 Å². The van der Waals surface area contributed by atoms with Gasteiger partial charge in [-0.1, -0.05) is 29.3 Å². The summed E-state index contributed by atoms with van der Waals surface area (Å²) < 4.78 is 10.1. The van der Waals surface area contributed by atoms with Crippen molar-refractivity contribution in [3.05, 3.63) is 58.1 Å². The fourth-order valence-corrected chi connectivity index (χ4v) is 2.16. The molecule has 1 N–H and O–H groups in total. The number of halogens is 2. The van der Waals surface area contributed by atoms with E-state index in [-0.39, 0.29) is 5.56 Å². The first kappa shape index (κ1) is 17.1. The van der Waals surface area contributed by atoms with E-state index in [1.807, 2.05) is 0 Å². The Hall–Kier alpha value is -2.24. The van der Waals surface area contributed by atoms with Gasteiger partial charge in [0, 0.05) is 10.0 Å². The molecule has 0 saturated carbocycles. The van der Waals surface area contributed by atoms with Crippen LogP contribution in [0.4, 0.5) is 5.69 Å². The average Bonchev–Trinajstić information content (AvgIpc) is 2.53. The fourth-order valence-electron chi connectivity index (χ4n) is 1.79.